The van der Waals surface area contributed by atoms with E-state index in [-0.39, 0.29) is 29.9 Å². The number of carbonyl (C=O) groups excluding carboxylic acids is 3. The Hall–Kier alpha value is -4.05. The quantitative estimate of drug-likeness (QED) is 0.281. The molecule has 1 fully saturated rings. The average molecular weight is 451 g/mol. The third kappa shape index (κ3) is 3.96. The normalized spacial score (nSPS) is 20.2. The zero-order chi connectivity index (χ0) is 23.9. The van der Waals surface area contributed by atoms with Gasteiger partial charge in [-0.3, -0.25) is 19.7 Å². The molecule has 0 spiro atoms. The number of amides is 2. The number of carbonyl (C=O) groups is 3. The van der Waals surface area contributed by atoms with E-state index in [4.69, 9.17) is 10.5 Å². The summed E-state index contributed by atoms with van der Waals surface area (Å²) >= 11 is 0. The van der Waals surface area contributed by atoms with Crippen LogP contribution in [-0.2, 0) is 20.9 Å². The molecular formula is C23H21N3O7. The highest BCUT2D eigenvalue weighted by Crippen LogP contribution is 2.47. The number of hydrogen-bond donors (Lipinski definition) is 2. The molecule has 2 amide bonds. The minimum Gasteiger partial charge on any atom is -0.456 e. The number of β-lactam (4-membered cyclic amide) rings is 1. The monoisotopic (exact) mass is 451 g/mol. The van der Waals surface area contributed by atoms with Gasteiger partial charge in [0.25, 0.3) is 5.69 Å². The summed E-state index contributed by atoms with van der Waals surface area (Å²) < 4.78 is 5.43. The highest BCUT2D eigenvalue weighted by atomic mass is 16.6. The summed E-state index contributed by atoms with van der Waals surface area (Å²) in [4.78, 5) is 48.7. The van der Waals surface area contributed by atoms with E-state index in [2.05, 4.69) is 0 Å². The number of hydrogen-bond acceptors (Lipinski definition) is 7. The van der Waals surface area contributed by atoms with Crippen LogP contribution < -0.4 is 5.73 Å². The number of esters is 1. The van der Waals surface area contributed by atoms with Gasteiger partial charge >= 0.3 is 5.97 Å². The Bertz CT molecular complexity index is 1170. The molecule has 0 radical (unpaired) electrons. The highest BCUT2D eigenvalue weighted by molar-refractivity contribution is 6.07. The molecule has 2 aliphatic rings. The van der Waals surface area contributed by atoms with Gasteiger partial charge in [-0.25, -0.2) is 4.79 Å². The van der Waals surface area contributed by atoms with E-state index < -0.39 is 28.8 Å². The summed E-state index contributed by atoms with van der Waals surface area (Å²) in [6.07, 6.45) is -0.521. The molecule has 2 heterocycles. The smallest absolute Gasteiger partial charge is 0.355 e. The Morgan fingerprint density at radius 3 is 2.39 bits per heavy atom. The maximum absolute atomic E-state index is 13.0. The van der Waals surface area contributed by atoms with Gasteiger partial charge in [0, 0.05) is 17.7 Å². The minimum absolute atomic E-state index is 0.0801. The molecule has 2 aliphatic heterocycles. The summed E-state index contributed by atoms with van der Waals surface area (Å²) in [7, 11) is 0. The van der Waals surface area contributed by atoms with Crippen molar-refractivity contribution in [2.24, 2.45) is 11.7 Å². The Morgan fingerprint density at radius 1 is 1.21 bits per heavy atom. The Balaban J connectivity index is 1.61. The third-order valence-electron chi connectivity index (χ3n) is 5.96. The van der Waals surface area contributed by atoms with Crippen LogP contribution in [0.25, 0.3) is 5.57 Å². The van der Waals surface area contributed by atoms with Crippen molar-refractivity contribution >= 4 is 29.0 Å². The van der Waals surface area contributed by atoms with Crippen LogP contribution in [0.15, 0.2) is 54.2 Å². The van der Waals surface area contributed by atoms with Gasteiger partial charge in [0.15, 0.2) is 0 Å². The second kappa shape index (κ2) is 8.47. The summed E-state index contributed by atoms with van der Waals surface area (Å²) in [6.45, 7) is 1.40. The summed E-state index contributed by atoms with van der Waals surface area (Å²) in [6, 6.07) is 11.6. The van der Waals surface area contributed by atoms with E-state index in [0.717, 1.165) is 0 Å². The molecule has 3 N–H and O–H groups in total. The molecule has 0 bridgehead atoms. The number of ether oxygens (including phenoxy) is 1. The maximum atomic E-state index is 13.0. The van der Waals surface area contributed by atoms with Crippen LogP contribution in [-0.4, -0.2) is 44.9 Å². The number of nitro benzene ring substituents is 1. The zero-order valence-corrected chi connectivity index (χ0v) is 17.6. The number of nitro groups is 1. The maximum Gasteiger partial charge on any atom is 0.355 e. The molecule has 170 valence electrons. The fourth-order valence-corrected chi connectivity index (χ4v) is 4.28. The number of aliphatic hydroxyl groups is 1. The first-order valence-corrected chi connectivity index (χ1v) is 10.2. The zero-order valence-electron chi connectivity index (χ0n) is 17.6. The SMILES string of the molecule is C[C@@H](O)[C@H]1C(=O)N2C(C(=O)OCc3ccc([N+](=O)[O-])cc3)=C(c3ccc(C(N)=O)cc3)C[C@H]12. The van der Waals surface area contributed by atoms with Crippen molar-refractivity contribution in [1.82, 2.24) is 4.90 Å². The third-order valence-corrected chi connectivity index (χ3v) is 5.96. The van der Waals surface area contributed by atoms with Crippen LogP contribution in [0.4, 0.5) is 5.69 Å². The molecule has 0 unspecified atom stereocenters. The van der Waals surface area contributed by atoms with Gasteiger partial charge in [-0.15, -0.1) is 0 Å². The highest BCUT2D eigenvalue weighted by Gasteiger charge is 2.57. The first-order valence-electron chi connectivity index (χ1n) is 10.2. The lowest BCUT2D eigenvalue weighted by Crippen LogP contribution is -2.61. The Labute approximate surface area is 188 Å². The standard InChI is InChI=1S/C23H21N3O7/c1-12(27)19-18-10-17(14-4-6-15(7-5-14)21(24)28)20(25(18)22(19)29)23(30)33-11-13-2-8-16(9-3-13)26(31)32/h2-9,12,18-19,27H,10-11H2,1H3,(H2,24,28)/t12-,18-,19-/m1/s1. The van der Waals surface area contributed by atoms with Gasteiger partial charge in [-0.1, -0.05) is 12.1 Å². The first kappa shape index (κ1) is 22.2. The predicted molar refractivity (Wildman–Crippen MR) is 115 cm³/mol. The molecule has 3 atom stereocenters. The van der Waals surface area contributed by atoms with E-state index in [9.17, 15) is 29.6 Å². The number of nitrogens with two attached hydrogens (primary N) is 1. The Morgan fingerprint density at radius 2 is 1.85 bits per heavy atom. The van der Waals surface area contributed by atoms with Gasteiger partial charge in [0.2, 0.25) is 11.8 Å². The van der Waals surface area contributed by atoms with Crippen LogP contribution >= 0.6 is 0 Å². The van der Waals surface area contributed by atoms with E-state index >= 15 is 0 Å². The molecule has 1 saturated heterocycles. The molecule has 33 heavy (non-hydrogen) atoms. The van der Waals surface area contributed by atoms with Crippen molar-refractivity contribution in [1.29, 1.82) is 0 Å². The lowest BCUT2D eigenvalue weighted by atomic mass is 9.82. The van der Waals surface area contributed by atoms with Crippen LogP contribution in [0, 0.1) is 16.0 Å². The summed E-state index contributed by atoms with van der Waals surface area (Å²) in [5.74, 6) is -2.29. The first-order chi connectivity index (χ1) is 15.7. The lowest BCUT2D eigenvalue weighted by molar-refractivity contribution is -0.384. The van der Waals surface area contributed by atoms with E-state index in [1.807, 2.05) is 0 Å². The average Bonchev–Trinajstić information content (AvgIpc) is 3.12. The fraction of sp³-hybridized carbons (Fsp3) is 0.261. The number of aliphatic hydroxyl groups excluding tert-OH is 1. The van der Waals surface area contributed by atoms with Crippen LogP contribution in [0.2, 0.25) is 0 Å². The number of rotatable bonds is 7. The number of benzene rings is 2. The molecule has 10 heteroatoms. The van der Waals surface area contributed by atoms with Crippen LogP contribution in [0.3, 0.4) is 0 Å². The van der Waals surface area contributed by atoms with Crippen LogP contribution in [0.5, 0.6) is 0 Å². The lowest BCUT2D eigenvalue weighted by Gasteiger charge is -2.44. The number of nitrogens with zero attached hydrogens (tertiary/aromatic N) is 2. The molecular weight excluding hydrogens is 430 g/mol. The van der Waals surface area contributed by atoms with Gasteiger partial charge < -0.3 is 20.5 Å². The summed E-state index contributed by atoms with van der Waals surface area (Å²) in [5.41, 5.74) is 7.37. The van der Waals surface area contributed by atoms with Crippen molar-refractivity contribution in [3.8, 4) is 0 Å². The second-order valence-corrected chi connectivity index (χ2v) is 8.01. The van der Waals surface area contributed by atoms with Crippen molar-refractivity contribution in [2.45, 2.75) is 32.1 Å². The van der Waals surface area contributed by atoms with Gasteiger partial charge in [0.05, 0.1) is 23.0 Å². The van der Waals surface area contributed by atoms with Crippen molar-refractivity contribution in [3.05, 3.63) is 81.0 Å². The second-order valence-electron chi connectivity index (χ2n) is 8.01. The molecule has 0 aliphatic carbocycles. The van der Waals surface area contributed by atoms with Crippen LogP contribution in [0.1, 0.15) is 34.8 Å². The van der Waals surface area contributed by atoms with Crippen molar-refractivity contribution < 1.29 is 29.2 Å². The molecule has 2 aromatic rings. The van der Waals surface area contributed by atoms with E-state index in [0.29, 0.717) is 28.7 Å². The molecule has 0 saturated carbocycles. The Kier molecular flexibility index (Phi) is 5.69. The van der Waals surface area contributed by atoms with Crippen molar-refractivity contribution in [3.63, 3.8) is 0 Å². The largest absolute Gasteiger partial charge is 0.456 e. The van der Waals surface area contributed by atoms with Gasteiger partial charge in [0.1, 0.15) is 12.3 Å². The topological polar surface area (TPSA) is 153 Å². The van der Waals surface area contributed by atoms with E-state index in [1.165, 1.54) is 48.2 Å². The van der Waals surface area contributed by atoms with Gasteiger partial charge in [-0.2, -0.15) is 0 Å². The molecule has 2 aromatic carbocycles. The van der Waals surface area contributed by atoms with Crippen molar-refractivity contribution in [2.75, 3.05) is 0 Å². The molecule has 10 nitrogen and oxygen atoms in total. The number of primary amides is 1. The number of fused-ring (bicyclic) bond motifs is 1. The molecule has 4 rings (SSSR count). The molecule has 0 aromatic heterocycles. The van der Waals surface area contributed by atoms with E-state index in [1.54, 1.807) is 12.1 Å². The fourth-order valence-electron chi connectivity index (χ4n) is 4.28. The minimum atomic E-state index is -0.868. The number of non-ortho nitro benzene ring substituents is 1. The summed E-state index contributed by atoms with van der Waals surface area (Å²) in [5, 5.41) is 20.8. The van der Waals surface area contributed by atoms with Gasteiger partial charge in [-0.05, 0) is 54.3 Å². The predicted octanol–water partition coefficient (Wildman–Crippen LogP) is 1.76.